The second-order valence-electron chi connectivity index (χ2n) is 10.6. The number of esters is 2. The number of carbonyl (C=O) groups excluding carboxylic acids is 3. The van der Waals surface area contributed by atoms with E-state index < -0.39 is 24.0 Å². The van der Waals surface area contributed by atoms with Gasteiger partial charge in [-0.25, -0.2) is 14.6 Å². The van der Waals surface area contributed by atoms with Crippen molar-refractivity contribution >= 4 is 34.7 Å². The van der Waals surface area contributed by atoms with E-state index in [1.54, 1.807) is 13.8 Å². The molecule has 2 fully saturated rings. The molecule has 0 bridgehead atoms. The Morgan fingerprint density at radius 3 is 2.10 bits per heavy atom. The fraction of sp³-hybridized carbons (Fsp3) is 0.593. The summed E-state index contributed by atoms with van der Waals surface area (Å²) >= 11 is 0. The van der Waals surface area contributed by atoms with Crippen LogP contribution in [0.15, 0.2) is 23.5 Å². The highest BCUT2D eigenvalue weighted by Gasteiger charge is 2.25. The van der Waals surface area contributed by atoms with Crippen molar-refractivity contribution in [2.45, 2.75) is 102 Å². The summed E-state index contributed by atoms with van der Waals surface area (Å²) in [6.07, 6.45) is 14.4. The number of ether oxygens (including phenoxy) is 2. The predicted molar refractivity (Wildman–Crippen MR) is 149 cm³/mol. The van der Waals surface area contributed by atoms with E-state index >= 15 is 0 Å². The van der Waals surface area contributed by atoms with Gasteiger partial charge < -0.3 is 20.5 Å². The molecule has 5 rings (SSSR count). The van der Waals surface area contributed by atoms with Crippen LogP contribution in [0.2, 0.25) is 0 Å². The SMILES string of the molecule is CC(C(=O)OC1CCCCC1)n1cnc2[nH]ncc2c1=O.CC(NC(=O)c1cn[nH]c1N)C(=O)OC1CCCCC1. The molecule has 2 unspecified atom stereocenters. The quantitative estimate of drug-likeness (QED) is 0.306. The number of H-pyrrole nitrogens is 2. The van der Waals surface area contributed by atoms with Crippen molar-refractivity contribution in [1.29, 1.82) is 0 Å². The number of anilines is 1. The highest BCUT2D eigenvalue weighted by atomic mass is 16.5. The van der Waals surface area contributed by atoms with Crippen molar-refractivity contribution in [3.8, 4) is 0 Å². The average molecular weight is 571 g/mol. The van der Waals surface area contributed by atoms with Crippen LogP contribution in [0.25, 0.3) is 11.0 Å². The number of nitrogen functional groups attached to an aromatic ring is 1. The molecule has 0 aromatic carbocycles. The zero-order valence-electron chi connectivity index (χ0n) is 23.4. The van der Waals surface area contributed by atoms with Crippen molar-refractivity contribution in [2.75, 3.05) is 5.73 Å². The van der Waals surface area contributed by atoms with E-state index in [9.17, 15) is 19.2 Å². The number of nitrogens with one attached hydrogen (secondary N) is 3. The number of aromatic amines is 2. The summed E-state index contributed by atoms with van der Waals surface area (Å²) in [5.74, 6) is -1.05. The molecule has 14 heteroatoms. The first kappa shape index (κ1) is 29.7. The van der Waals surface area contributed by atoms with E-state index in [4.69, 9.17) is 15.2 Å². The van der Waals surface area contributed by atoms with Gasteiger partial charge in [0, 0.05) is 0 Å². The van der Waals surface area contributed by atoms with Gasteiger partial charge in [-0.1, -0.05) is 12.8 Å². The zero-order chi connectivity index (χ0) is 29.4. The molecule has 0 radical (unpaired) electrons. The minimum Gasteiger partial charge on any atom is -0.461 e. The molecule has 2 aliphatic rings. The monoisotopic (exact) mass is 570 g/mol. The summed E-state index contributed by atoms with van der Waals surface area (Å²) in [7, 11) is 0. The third-order valence-corrected chi connectivity index (χ3v) is 7.44. The van der Waals surface area contributed by atoms with Crippen LogP contribution in [0.1, 0.15) is 94.5 Å². The van der Waals surface area contributed by atoms with Crippen LogP contribution in [-0.2, 0) is 19.1 Å². The normalized spacial score (nSPS) is 17.6. The molecule has 2 saturated carbocycles. The van der Waals surface area contributed by atoms with Crippen molar-refractivity contribution in [3.05, 3.63) is 34.6 Å². The van der Waals surface area contributed by atoms with E-state index in [-0.39, 0.29) is 35.1 Å². The van der Waals surface area contributed by atoms with Gasteiger partial charge in [-0.2, -0.15) is 10.2 Å². The molecule has 14 nitrogen and oxygen atoms in total. The Bertz CT molecular complexity index is 1390. The molecule has 5 N–H and O–H groups in total. The summed E-state index contributed by atoms with van der Waals surface area (Å²) in [5.41, 5.74) is 5.90. The van der Waals surface area contributed by atoms with Crippen LogP contribution in [0.5, 0.6) is 0 Å². The van der Waals surface area contributed by atoms with Gasteiger partial charge in [-0.3, -0.25) is 24.4 Å². The van der Waals surface area contributed by atoms with Gasteiger partial charge in [0.05, 0.1) is 12.4 Å². The fourth-order valence-corrected chi connectivity index (χ4v) is 4.94. The predicted octanol–water partition coefficient (Wildman–Crippen LogP) is 2.54. The van der Waals surface area contributed by atoms with Crippen molar-refractivity contribution in [3.63, 3.8) is 0 Å². The Labute approximate surface area is 236 Å². The average Bonchev–Trinajstić information content (AvgIpc) is 3.64. The Balaban J connectivity index is 0.000000189. The molecular formula is C27H38N8O6. The zero-order valence-corrected chi connectivity index (χ0v) is 23.4. The number of carbonyl (C=O) groups is 3. The molecule has 2 aliphatic carbocycles. The lowest BCUT2D eigenvalue weighted by Gasteiger charge is -2.24. The van der Waals surface area contributed by atoms with Crippen LogP contribution in [0.4, 0.5) is 5.82 Å². The molecule has 3 heterocycles. The number of nitrogens with zero attached hydrogens (tertiary/aromatic N) is 4. The van der Waals surface area contributed by atoms with Gasteiger partial charge in [0.1, 0.15) is 47.4 Å². The van der Waals surface area contributed by atoms with Gasteiger partial charge in [-0.05, 0) is 65.2 Å². The first-order chi connectivity index (χ1) is 19.7. The summed E-state index contributed by atoms with van der Waals surface area (Å²) in [5, 5.41) is 15.5. The van der Waals surface area contributed by atoms with Crippen LogP contribution in [0, 0.1) is 0 Å². The number of hydrogen-bond donors (Lipinski definition) is 4. The minimum absolute atomic E-state index is 0.0185. The maximum atomic E-state index is 12.3. The molecule has 0 saturated heterocycles. The second kappa shape index (κ2) is 13.9. The highest BCUT2D eigenvalue weighted by molar-refractivity contribution is 6.00. The van der Waals surface area contributed by atoms with Gasteiger partial charge in [0.15, 0.2) is 5.65 Å². The number of rotatable bonds is 7. The molecule has 2 atom stereocenters. The Kier molecular flexibility index (Phi) is 10.1. The number of fused-ring (bicyclic) bond motifs is 1. The van der Waals surface area contributed by atoms with Crippen LogP contribution in [-0.4, -0.2) is 66.0 Å². The number of amides is 1. The Hall–Kier alpha value is -4.23. The second-order valence-corrected chi connectivity index (χ2v) is 10.6. The molecule has 222 valence electrons. The fourth-order valence-electron chi connectivity index (χ4n) is 4.94. The van der Waals surface area contributed by atoms with Gasteiger partial charge in [0.25, 0.3) is 11.5 Å². The summed E-state index contributed by atoms with van der Waals surface area (Å²) in [6.45, 7) is 3.25. The maximum Gasteiger partial charge on any atom is 0.329 e. The summed E-state index contributed by atoms with van der Waals surface area (Å²) in [4.78, 5) is 52.4. The van der Waals surface area contributed by atoms with Crippen LogP contribution < -0.4 is 16.6 Å². The maximum absolute atomic E-state index is 12.3. The number of aromatic nitrogens is 6. The Morgan fingerprint density at radius 1 is 0.927 bits per heavy atom. The third-order valence-electron chi connectivity index (χ3n) is 7.44. The van der Waals surface area contributed by atoms with Crippen molar-refractivity contribution in [2.24, 2.45) is 0 Å². The van der Waals surface area contributed by atoms with Crippen LogP contribution >= 0.6 is 0 Å². The molecule has 0 spiro atoms. The standard InChI is InChI=1S/C14H18N4O3.C13H20N4O3/c1-9(14(20)21-10-5-3-2-4-6-10)18-8-15-12-11(13(18)19)7-16-17-12;1-8(13(19)20-9-5-3-2-4-6-9)16-12(18)10-7-15-17-11(10)14/h7-10H,2-6H2,1H3,(H,16,17);7-9H,2-6H2,1H3,(H,16,18)(H3,14,15,17). The molecule has 41 heavy (non-hydrogen) atoms. The lowest BCUT2D eigenvalue weighted by Crippen LogP contribution is -2.41. The van der Waals surface area contributed by atoms with Gasteiger partial charge in [0.2, 0.25) is 0 Å². The van der Waals surface area contributed by atoms with Gasteiger partial charge in [-0.15, -0.1) is 0 Å². The van der Waals surface area contributed by atoms with Gasteiger partial charge >= 0.3 is 11.9 Å². The Morgan fingerprint density at radius 2 is 1.51 bits per heavy atom. The van der Waals surface area contributed by atoms with Crippen molar-refractivity contribution in [1.82, 2.24) is 35.3 Å². The van der Waals surface area contributed by atoms with Crippen molar-refractivity contribution < 1.29 is 23.9 Å². The van der Waals surface area contributed by atoms with E-state index in [0.717, 1.165) is 51.4 Å². The summed E-state index contributed by atoms with van der Waals surface area (Å²) < 4.78 is 12.2. The van der Waals surface area contributed by atoms with E-state index in [1.165, 1.54) is 36.1 Å². The molecule has 0 aliphatic heterocycles. The highest BCUT2D eigenvalue weighted by Crippen LogP contribution is 2.22. The lowest BCUT2D eigenvalue weighted by molar-refractivity contribution is -0.154. The first-order valence-corrected chi connectivity index (χ1v) is 14.2. The topological polar surface area (TPSA) is 200 Å². The number of nitrogens with two attached hydrogens (primary N) is 1. The molecule has 1 amide bonds. The molecule has 3 aromatic heterocycles. The largest absolute Gasteiger partial charge is 0.461 e. The molecular weight excluding hydrogens is 532 g/mol. The summed E-state index contributed by atoms with van der Waals surface area (Å²) in [6, 6.07) is -1.40. The smallest absolute Gasteiger partial charge is 0.329 e. The minimum atomic E-state index is -0.710. The third kappa shape index (κ3) is 7.70. The van der Waals surface area contributed by atoms with Crippen LogP contribution in [0.3, 0.4) is 0 Å². The first-order valence-electron chi connectivity index (χ1n) is 14.2. The van der Waals surface area contributed by atoms with E-state index in [1.807, 2.05) is 0 Å². The molecule has 3 aromatic rings. The lowest BCUT2D eigenvalue weighted by atomic mass is 9.98. The number of hydrogen-bond acceptors (Lipinski definition) is 10. The van der Waals surface area contributed by atoms with E-state index in [2.05, 4.69) is 30.7 Å². The van der Waals surface area contributed by atoms with E-state index in [0.29, 0.717) is 11.0 Å².